The Kier molecular flexibility index (Phi) is 6.16. The summed E-state index contributed by atoms with van der Waals surface area (Å²) < 4.78 is 3.86. The Morgan fingerprint density at radius 3 is 2.52 bits per heavy atom. The molecule has 0 spiro atoms. The Labute approximate surface area is 187 Å². The fourth-order valence-corrected chi connectivity index (χ4v) is 3.58. The van der Waals surface area contributed by atoms with E-state index in [0.717, 1.165) is 35.5 Å². The van der Waals surface area contributed by atoms with Crippen molar-refractivity contribution in [2.24, 2.45) is 17.6 Å². The number of hydrazone groups is 1. The van der Waals surface area contributed by atoms with E-state index in [9.17, 15) is 4.79 Å². The van der Waals surface area contributed by atoms with Crippen LogP contribution in [0.5, 0.6) is 0 Å². The molecular formula is C22H24IN5O. The summed E-state index contributed by atoms with van der Waals surface area (Å²) in [6.45, 7) is 4.43. The third-order valence-corrected chi connectivity index (χ3v) is 5.01. The number of amides is 1. The van der Waals surface area contributed by atoms with Crippen molar-refractivity contribution in [2.75, 3.05) is 0 Å². The Morgan fingerprint density at radius 1 is 1.14 bits per heavy atom. The molecule has 0 radical (unpaired) electrons. The smallest absolute Gasteiger partial charge is 0.271 e. The number of pyridine rings is 1. The summed E-state index contributed by atoms with van der Waals surface area (Å²) in [6, 6.07) is 13.7. The summed E-state index contributed by atoms with van der Waals surface area (Å²) in [6.07, 6.45) is 7.22. The van der Waals surface area contributed by atoms with E-state index in [1.807, 2.05) is 65.2 Å². The van der Waals surface area contributed by atoms with Crippen LogP contribution in [0.3, 0.4) is 0 Å². The van der Waals surface area contributed by atoms with Gasteiger partial charge in [-0.3, -0.25) is 4.79 Å². The first-order chi connectivity index (χ1) is 13.4. The van der Waals surface area contributed by atoms with E-state index in [2.05, 4.69) is 29.5 Å². The maximum absolute atomic E-state index is 12.5. The zero-order chi connectivity index (χ0) is 19.7. The van der Waals surface area contributed by atoms with Gasteiger partial charge in [-0.15, -0.1) is 0 Å². The standard InChI is InChI=1S/C22H23N5O.HI/c1-22(2)13-19(24-25-21(28)16-9-11-26(3)12-10-16)18-15-23-27(20(18)14-22)17-7-5-4-6-8-17;/h4-12,15H,13-14H2,1-3H3;1H. The van der Waals surface area contributed by atoms with Crippen molar-refractivity contribution in [1.82, 2.24) is 15.2 Å². The molecule has 1 amide bonds. The molecule has 2 heterocycles. The van der Waals surface area contributed by atoms with Gasteiger partial charge in [0.15, 0.2) is 12.4 Å². The quantitative estimate of drug-likeness (QED) is 0.307. The predicted octanol–water partition coefficient (Wildman–Crippen LogP) is -0.193. The minimum absolute atomic E-state index is 0. The number of carbonyl (C=O) groups excluding carboxylic acids is 1. The molecule has 0 aliphatic heterocycles. The number of aryl methyl sites for hydroxylation is 1. The Bertz CT molecular complexity index is 1040. The fraction of sp³-hybridized carbons (Fsp3) is 0.273. The second-order valence-corrected chi connectivity index (χ2v) is 8.02. The zero-order valence-corrected chi connectivity index (χ0v) is 18.9. The largest absolute Gasteiger partial charge is 1.00 e. The number of aromatic nitrogens is 3. The van der Waals surface area contributed by atoms with Crippen molar-refractivity contribution < 1.29 is 33.3 Å². The maximum Gasteiger partial charge on any atom is 0.271 e. The topological polar surface area (TPSA) is 63.2 Å². The van der Waals surface area contributed by atoms with Gasteiger partial charge in [0.1, 0.15) is 7.05 Å². The minimum atomic E-state index is -0.214. The Hall–Kier alpha value is -2.55. The normalized spacial score (nSPS) is 16.0. The van der Waals surface area contributed by atoms with E-state index >= 15 is 0 Å². The van der Waals surface area contributed by atoms with E-state index in [1.54, 1.807) is 12.1 Å². The Morgan fingerprint density at radius 2 is 1.83 bits per heavy atom. The number of fused-ring (bicyclic) bond motifs is 1. The number of hydrogen-bond acceptors (Lipinski definition) is 3. The number of nitrogens with one attached hydrogen (secondary N) is 1. The third-order valence-electron chi connectivity index (χ3n) is 5.01. The molecule has 7 heteroatoms. The number of nitrogens with zero attached hydrogens (tertiary/aromatic N) is 4. The van der Waals surface area contributed by atoms with Crippen molar-refractivity contribution in [3.8, 4) is 5.69 Å². The molecule has 2 aromatic heterocycles. The highest BCUT2D eigenvalue weighted by Gasteiger charge is 2.33. The maximum atomic E-state index is 12.5. The van der Waals surface area contributed by atoms with E-state index < -0.39 is 0 Å². The summed E-state index contributed by atoms with van der Waals surface area (Å²) in [4.78, 5) is 12.5. The monoisotopic (exact) mass is 501 g/mol. The second kappa shape index (κ2) is 8.44. The summed E-state index contributed by atoms with van der Waals surface area (Å²) in [5.41, 5.74) is 7.35. The van der Waals surface area contributed by atoms with Gasteiger partial charge in [-0.05, 0) is 30.4 Å². The molecule has 6 nitrogen and oxygen atoms in total. The van der Waals surface area contributed by atoms with Gasteiger partial charge >= 0.3 is 0 Å². The molecule has 150 valence electrons. The van der Waals surface area contributed by atoms with Crippen molar-refractivity contribution in [3.63, 3.8) is 0 Å². The van der Waals surface area contributed by atoms with Crippen LogP contribution in [0.15, 0.2) is 66.2 Å². The molecule has 1 aliphatic rings. The van der Waals surface area contributed by atoms with E-state index in [4.69, 9.17) is 0 Å². The van der Waals surface area contributed by atoms with Gasteiger partial charge in [0.05, 0.1) is 28.9 Å². The molecule has 1 aliphatic carbocycles. The van der Waals surface area contributed by atoms with Crippen molar-refractivity contribution in [2.45, 2.75) is 26.7 Å². The summed E-state index contributed by atoms with van der Waals surface area (Å²) in [7, 11) is 1.91. The summed E-state index contributed by atoms with van der Waals surface area (Å²) in [5, 5.41) is 9.08. The van der Waals surface area contributed by atoms with Crippen molar-refractivity contribution in [3.05, 3.63) is 77.9 Å². The average molecular weight is 501 g/mol. The lowest BCUT2D eigenvalue weighted by molar-refractivity contribution is -0.671. The molecule has 0 atom stereocenters. The van der Waals surface area contributed by atoms with Crippen LogP contribution in [-0.2, 0) is 13.5 Å². The molecule has 3 aromatic rings. The molecule has 0 saturated heterocycles. The lowest BCUT2D eigenvalue weighted by Crippen LogP contribution is -3.00. The molecule has 4 rings (SSSR count). The predicted molar refractivity (Wildman–Crippen MR) is 107 cm³/mol. The molecule has 1 aromatic carbocycles. The van der Waals surface area contributed by atoms with Gasteiger partial charge in [-0.1, -0.05) is 32.0 Å². The highest BCUT2D eigenvalue weighted by molar-refractivity contribution is 6.04. The summed E-state index contributed by atoms with van der Waals surface area (Å²) in [5.74, 6) is -0.214. The van der Waals surface area contributed by atoms with E-state index in [-0.39, 0.29) is 35.3 Å². The van der Waals surface area contributed by atoms with Crippen LogP contribution in [-0.4, -0.2) is 21.4 Å². The molecule has 0 unspecified atom stereocenters. The van der Waals surface area contributed by atoms with Gasteiger partial charge < -0.3 is 24.0 Å². The third kappa shape index (κ3) is 4.55. The van der Waals surface area contributed by atoms with Crippen molar-refractivity contribution in [1.29, 1.82) is 0 Å². The van der Waals surface area contributed by atoms with Gasteiger partial charge in [0.25, 0.3) is 5.91 Å². The van der Waals surface area contributed by atoms with E-state index in [0.29, 0.717) is 5.56 Å². The minimum Gasteiger partial charge on any atom is -1.00 e. The molecular weight excluding hydrogens is 477 g/mol. The van der Waals surface area contributed by atoms with E-state index in [1.165, 1.54) is 0 Å². The molecule has 0 saturated carbocycles. The molecule has 0 bridgehead atoms. The lowest BCUT2D eigenvalue weighted by Gasteiger charge is -2.30. The molecule has 29 heavy (non-hydrogen) atoms. The highest BCUT2D eigenvalue weighted by atomic mass is 127. The highest BCUT2D eigenvalue weighted by Crippen LogP contribution is 2.35. The summed E-state index contributed by atoms with van der Waals surface area (Å²) >= 11 is 0. The molecule has 1 N–H and O–H groups in total. The number of benzene rings is 1. The van der Waals surface area contributed by atoms with Gasteiger partial charge in [0, 0.05) is 17.7 Å². The van der Waals surface area contributed by atoms with Crippen LogP contribution < -0.4 is 34.0 Å². The van der Waals surface area contributed by atoms with Crippen LogP contribution >= 0.6 is 0 Å². The van der Waals surface area contributed by atoms with Crippen LogP contribution in [0.2, 0.25) is 0 Å². The van der Waals surface area contributed by atoms with Gasteiger partial charge in [0.2, 0.25) is 0 Å². The first kappa shape index (κ1) is 21.2. The van der Waals surface area contributed by atoms with Crippen molar-refractivity contribution >= 4 is 11.6 Å². The van der Waals surface area contributed by atoms with Crippen LogP contribution in [0, 0.1) is 5.41 Å². The number of rotatable bonds is 3. The Balaban J connectivity index is 0.00000240. The number of hydrogen-bond donors (Lipinski definition) is 1. The number of carbonyl (C=O) groups is 1. The zero-order valence-electron chi connectivity index (χ0n) is 16.8. The number of halogens is 1. The van der Waals surface area contributed by atoms with Crippen LogP contribution in [0.4, 0.5) is 0 Å². The lowest BCUT2D eigenvalue weighted by atomic mass is 9.76. The second-order valence-electron chi connectivity index (χ2n) is 8.02. The van der Waals surface area contributed by atoms with Gasteiger partial charge in [-0.2, -0.15) is 10.2 Å². The fourth-order valence-electron chi connectivity index (χ4n) is 3.58. The first-order valence-corrected chi connectivity index (χ1v) is 9.38. The SMILES string of the molecule is C[n+]1ccc(C(=O)N/N=C2\CC(C)(C)Cc3c2cnn3-c2ccccc2)cc1.[I-]. The van der Waals surface area contributed by atoms with Crippen LogP contribution in [0.1, 0.15) is 41.9 Å². The first-order valence-electron chi connectivity index (χ1n) is 9.38. The molecule has 0 fully saturated rings. The van der Waals surface area contributed by atoms with Gasteiger partial charge in [-0.25, -0.2) is 14.7 Å². The van der Waals surface area contributed by atoms with Crippen LogP contribution in [0.25, 0.3) is 5.69 Å². The average Bonchev–Trinajstić information content (AvgIpc) is 3.09. The number of para-hydroxylation sites is 1.